The second-order valence-electron chi connectivity index (χ2n) is 5.50. The van der Waals surface area contributed by atoms with Gasteiger partial charge in [0.05, 0.1) is 5.75 Å². The molecule has 6 nitrogen and oxygen atoms in total. The fourth-order valence-corrected chi connectivity index (χ4v) is 3.93. The summed E-state index contributed by atoms with van der Waals surface area (Å²) in [5.41, 5.74) is 0. The molecule has 0 spiro atoms. The molecule has 0 unspecified atom stereocenters. The Labute approximate surface area is 149 Å². The summed E-state index contributed by atoms with van der Waals surface area (Å²) in [5.74, 6) is -0.807. The maximum Gasteiger partial charge on any atom is 0.258 e. The number of ether oxygens (including phenoxy) is 1. The van der Waals surface area contributed by atoms with Crippen molar-refractivity contribution in [3.05, 3.63) is 28.5 Å². The van der Waals surface area contributed by atoms with Crippen LogP contribution in [0.1, 0.15) is 19.8 Å². The zero-order valence-electron chi connectivity index (χ0n) is 13.3. The second-order valence-corrected chi connectivity index (χ2v) is 8.68. The molecule has 0 saturated carbocycles. The average Bonchev–Trinajstić information content (AvgIpc) is 2.54. The van der Waals surface area contributed by atoms with E-state index in [1.807, 2.05) is 0 Å². The first-order chi connectivity index (χ1) is 11.3. The molecular weight excluding hydrogens is 403 g/mol. The maximum absolute atomic E-state index is 13.6. The number of sulfonamides is 1. The summed E-state index contributed by atoms with van der Waals surface area (Å²) in [6.07, 6.45) is 1.11. The summed E-state index contributed by atoms with van der Waals surface area (Å²) in [7, 11) is -3.18. The van der Waals surface area contributed by atoms with Crippen LogP contribution in [0.4, 0.5) is 4.39 Å². The van der Waals surface area contributed by atoms with Gasteiger partial charge in [0.15, 0.2) is 18.2 Å². The van der Waals surface area contributed by atoms with Crippen molar-refractivity contribution in [2.75, 3.05) is 25.4 Å². The van der Waals surface area contributed by atoms with E-state index in [1.54, 1.807) is 13.0 Å². The van der Waals surface area contributed by atoms with Crippen molar-refractivity contribution >= 4 is 31.9 Å². The molecule has 24 heavy (non-hydrogen) atoms. The van der Waals surface area contributed by atoms with Gasteiger partial charge in [-0.2, -0.15) is 0 Å². The van der Waals surface area contributed by atoms with Gasteiger partial charge in [-0.05, 0) is 38.0 Å². The predicted molar refractivity (Wildman–Crippen MR) is 91.8 cm³/mol. The lowest BCUT2D eigenvalue weighted by molar-refractivity contribution is -0.124. The summed E-state index contributed by atoms with van der Waals surface area (Å²) in [6.45, 7) is 2.11. The van der Waals surface area contributed by atoms with Crippen LogP contribution in [-0.4, -0.2) is 50.1 Å². The van der Waals surface area contributed by atoms with Crippen LogP contribution in [0.25, 0.3) is 0 Å². The van der Waals surface area contributed by atoms with E-state index in [0.29, 0.717) is 30.4 Å². The van der Waals surface area contributed by atoms with Crippen LogP contribution >= 0.6 is 15.9 Å². The number of carbonyl (C=O) groups is 1. The first-order valence-corrected chi connectivity index (χ1v) is 10.1. The smallest absolute Gasteiger partial charge is 0.258 e. The van der Waals surface area contributed by atoms with E-state index >= 15 is 0 Å². The highest BCUT2D eigenvalue weighted by atomic mass is 79.9. The molecule has 0 aliphatic carbocycles. The molecule has 134 valence electrons. The highest BCUT2D eigenvalue weighted by molar-refractivity contribution is 9.10. The molecule has 1 N–H and O–H groups in total. The first-order valence-electron chi connectivity index (χ1n) is 7.67. The summed E-state index contributed by atoms with van der Waals surface area (Å²) >= 11 is 3.14. The number of carbonyl (C=O) groups excluding carboxylic acids is 1. The van der Waals surface area contributed by atoms with Crippen molar-refractivity contribution in [1.29, 1.82) is 0 Å². The Bertz CT molecular complexity index is 691. The number of nitrogens with zero attached hydrogens (tertiary/aromatic N) is 1. The van der Waals surface area contributed by atoms with Crippen molar-refractivity contribution in [2.45, 2.75) is 25.8 Å². The van der Waals surface area contributed by atoms with E-state index in [1.165, 1.54) is 16.4 Å². The van der Waals surface area contributed by atoms with Crippen molar-refractivity contribution in [3.8, 4) is 5.75 Å². The van der Waals surface area contributed by atoms with Gasteiger partial charge in [-0.15, -0.1) is 0 Å². The maximum atomic E-state index is 13.6. The number of hydrogen-bond donors (Lipinski definition) is 1. The second kappa shape index (κ2) is 8.26. The van der Waals surface area contributed by atoms with Crippen LogP contribution in [0.15, 0.2) is 22.7 Å². The van der Waals surface area contributed by atoms with Gasteiger partial charge in [-0.1, -0.05) is 15.9 Å². The van der Waals surface area contributed by atoms with Gasteiger partial charge in [0.2, 0.25) is 10.0 Å². The van der Waals surface area contributed by atoms with Gasteiger partial charge >= 0.3 is 0 Å². The average molecular weight is 423 g/mol. The standard InChI is InChI=1S/C15H20BrFN2O4S/c1-2-24(21,22)19-7-5-12(6-8-19)18-15(20)10-23-14-4-3-11(16)9-13(14)17/h3-4,9,12H,2,5-8,10H2,1H3,(H,18,20). The van der Waals surface area contributed by atoms with Gasteiger partial charge in [0.25, 0.3) is 5.91 Å². The molecule has 1 aliphatic rings. The Morgan fingerprint density at radius 3 is 2.67 bits per heavy atom. The molecule has 1 amide bonds. The molecule has 1 fully saturated rings. The fourth-order valence-electron chi connectivity index (χ4n) is 2.47. The van der Waals surface area contributed by atoms with Gasteiger partial charge < -0.3 is 10.1 Å². The summed E-state index contributed by atoms with van der Waals surface area (Å²) in [4.78, 5) is 11.9. The third kappa shape index (κ3) is 5.15. The highest BCUT2D eigenvalue weighted by Crippen LogP contribution is 2.21. The molecule has 1 heterocycles. The van der Waals surface area contributed by atoms with E-state index in [2.05, 4.69) is 21.2 Å². The van der Waals surface area contributed by atoms with E-state index in [9.17, 15) is 17.6 Å². The lowest BCUT2D eigenvalue weighted by Crippen LogP contribution is -2.47. The molecule has 2 rings (SSSR count). The minimum absolute atomic E-state index is 0.0113. The van der Waals surface area contributed by atoms with E-state index in [-0.39, 0.29) is 30.1 Å². The first kappa shape index (κ1) is 19.1. The zero-order valence-corrected chi connectivity index (χ0v) is 15.7. The molecule has 0 aromatic heterocycles. The van der Waals surface area contributed by atoms with Crippen LogP contribution in [0.5, 0.6) is 5.75 Å². The molecule has 1 aliphatic heterocycles. The number of hydrogen-bond acceptors (Lipinski definition) is 4. The zero-order chi connectivity index (χ0) is 17.7. The third-order valence-corrected chi connectivity index (χ3v) is 6.20. The van der Waals surface area contributed by atoms with Crippen molar-refractivity contribution < 1.29 is 22.3 Å². The van der Waals surface area contributed by atoms with Crippen LogP contribution in [0.2, 0.25) is 0 Å². The lowest BCUT2D eigenvalue weighted by atomic mass is 10.1. The van der Waals surface area contributed by atoms with Crippen molar-refractivity contribution in [3.63, 3.8) is 0 Å². The Morgan fingerprint density at radius 1 is 1.42 bits per heavy atom. The molecule has 1 aromatic carbocycles. The molecule has 9 heteroatoms. The number of amides is 1. The predicted octanol–water partition coefficient (Wildman–Crippen LogP) is 1.90. The van der Waals surface area contributed by atoms with Gasteiger partial charge in [-0.25, -0.2) is 17.1 Å². The van der Waals surface area contributed by atoms with Crippen molar-refractivity contribution in [1.82, 2.24) is 9.62 Å². The van der Waals surface area contributed by atoms with Gasteiger partial charge in [-0.3, -0.25) is 4.79 Å². The number of nitrogens with one attached hydrogen (secondary N) is 1. The van der Waals surface area contributed by atoms with E-state index < -0.39 is 15.8 Å². The molecule has 0 bridgehead atoms. The largest absolute Gasteiger partial charge is 0.481 e. The van der Waals surface area contributed by atoms with Crippen LogP contribution in [-0.2, 0) is 14.8 Å². The quantitative estimate of drug-likeness (QED) is 0.759. The Morgan fingerprint density at radius 2 is 2.08 bits per heavy atom. The van der Waals surface area contributed by atoms with Crippen LogP contribution in [0, 0.1) is 5.82 Å². The van der Waals surface area contributed by atoms with Gasteiger partial charge in [0.1, 0.15) is 0 Å². The number of benzene rings is 1. The summed E-state index contributed by atoms with van der Waals surface area (Å²) < 4.78 is 44.4. The van der Waals surface area contributed by atoms with E-state index in [0.717, 1.165) is 0 Å². The summed E-state index contributed by atoms with van der Waals surface area (Å²) in [6, 6.07) is 4.23. The Hall–Kier alpha value is -1.19. The van der Waals surface area contributed by atoms with Crippen LogP contribution < -0.4 is 10.1 Å². The number of rotatable bonds is 6. The number of piperidine rings is 1. The topological polar surface area (TPSA) is 75.7 Å². The SMILES string of the molecule is CCS(=O)(=O)N1CCC(NC(=O)COc2ccc(Br)cc2F)CC1. The highest BCUT2D eigenvalue weighted by Gasteiger charge is 2.27. The fraction of sp³-hybridized carbons (Fsp3) is 0.533. The Kier molecular flexibility index (Phi) is 6.59. The lowest BCUT2D eigenvalue weighted by Gasteiger charge is -2.31. The third-order valence-electron chi connectivity index (χ3n) is 3.83. The van der Waals surface area contributed by atoms with Crippen molar-refractivity contribution in [2.24, 2.45) is 0 Å². The molecule has 0 atom stereocenters. The molecule has 1 aromatic rings. The molecule has 1 saturated heterocycles. The van der Waals surface area contributed by atoms with Gasteiger partial charge in [0, 0.05) is 23.6 Å². The normalized spacial score (nSPS) is 16.8. The number of halogens is 2. The molecule has 0 radical (unpaired) electrons. The summed E-state index contributed by atoms with van der Waals surface area (Å²) in [5, 5.41) is 2.79. The van der Waals surface area contributed by atoms with E-state index in [4.69, 9.17) is 4.74 Å². The van der Waals surface area contributed by atoms with Crippen LogP contribution in [0.3, 0.4) is 0 Å². The minimum atomic E-state index is -3.18. The minimum Gasteiger partial charge on any atom is -0.481 e. The molecular formula is C15H20BrFN2O4S. The Balaban J connectivity index is 1.78. The monoisotopic (exact) mass is 422 g/mol.